The van der Waals surface area contributed by atoms with Gasteiger partial charge in [0.25, 0.3) is 0 Å². The fraction of sp³-hybridized carbons (Fsp3) is 0.500. The van der Waals surface area contributed by atoms with Crippen molar-refractivity contribution in [2.75, 3.05) is 19.3 Å². The molecule has 1 aliphatic heterocycles. The number of sulfone groups is 1. The van der Waals surface area contributed by atoms with E-state index in [1.165, 1.54) is 24.7 Å². The second-order valence-corrected chi connectivity index (χ2v) is 10.4. The Morgan fingerprint density at radius 3 is 2.53 bits per heavy atom. The Kier molecular flexibility index (Phi) is 5.61. The van der Waals surface area contributed by atoms with E-state index in [-0.39, 0.29) is 22.5 Å². The number of hydrogen-bond acceptors (Lipinski definition) is 5. The van der Waals surface area contributed by atoms with Crippen molar-refractivity contribution in [1.29, 1.82) is 0 Å². The van der Waals surface area contributed by atoms with Crippen LogP contribution in [-0.2, 0) is 20.0 Å². The first-order valence-corrected chi connectivity index (χ1v) is 12.3. The van der Waals surface area contributed by atoms with Gasteiger partial charge in [0.15, 0.2) is 9.84 Å². The van der Waals surface area contributed by atoms with Crippen molar-refractivity contribution < 1.29 is 17.6 Å². The Hall–Kier alpha value is -2.35. The normalized spacial score (nSPS) is 21.5. The van der Waals surface area contributed by atoms with E-state index in [1.54, 1.807) is 12.1 Å². The Balaban J connectivity index is 1.63. The minimum atomic E-state index is -3.46. The molecule has 1 unspecified atom stereocenters. The van der Waals surface area contributed by atoms with Crippen molar-refractivity contribution in [2.45, 2.75) is 54.8 Å². The van der Waals surface area contributed by atoms with E-state index in [9.17, 15) is 17.6 Å². The SMILES string of the molecule is CS(=O)(=O)c1cncnc1C1CCCN(C(=O)C2(c3ccc(F)cc3)CCCC2)C1. The van der Waals surface area contributed by atoms with Gasteiger partial charge >= 0.3 is 0 Å². The summed E-state index contributed by atoms with van der Waals surface area (Å²) in [5.41, 5.74) is 0.737. The first kappa shape index (κ1) is 20.9. The molecule has 1 aromatic carbocycles. The number of piperidine rings is 1. The first-order chi connectivity index (χ1) is 14.3. The number of amides is 1. The molecule has 1 saturated carbocycles. The van der Waals surface area contributed by atoms with Crippen LogP contribution in [0.5, 0.6) is 0 Å². The number of hydrogen-bond donors (Lipinski definition) is 0. The molecule has 0 spiro atoms. The van der Waals surface area contributed by atoms with Gasteiger partial charge in [-0.25, -0.2) is 22.8 Å². The Bertz CT molecular complexity index is 1030. The Labute approximate surface area is 176 Å². The van der Waals surface area contributed by atoms with Crippen molar-refractivity contribution in [2.24, 2.45) is 0 Å². The summed E-state index contributed by atoms with van der Waals surface area (Å²) in [6.45, 7) is 1.07. The fourth-order valence-corrected chi connectivity index (χ4v) is 5.83. The summed E-state index contributed by atoms with van der Waals surface area (Å²) in [4.78, 5) is 23.9. The molecule has 8 heteroatoms. The van der Waals surface area contributed by atoms with Gasteiger partial charge in [-0.2, -0.15) is 0 Å². The van der Waals surface area contributed by atoms with E-state index < -0.39 is 15.3 Å². The molecule has 30 heavy (non-hydrogen) atoms. The smallest absolute Gasteiger partial charge is 0.233 e. The number of carbonyl (C=O) groups excluding carboxylic acids is 1. The van der Waals surface area contributed by atoms with Gasteiger partial charge < -0.3 is 4.90 Å². The number of benzene rings is 1. The first-order valence-electron chi connectivity index (χ1n) is 10.4. The zero-order chi connectivity index (χ0) is 21.4. The summed E-state index contributed by atoms with van der Waals surface area (Å²) >= 11 is 0. The van der Waals surface area contributed by atoms with E-state index in [4.69, 9.17) is 0 Å². The standard InChI is InChI=1S/C22H26FN3O3S/c1-30(28,29)19-13-24-15-25-20(19)16-5-4-12-26(14-16)21(27)22(10-2-3-11-22)17-6-8-18(23)9-7-17/h6-9,13,15-16H,2-5,10-12,14H2,1H3. The van der Waals surface area contributed by atoms with Crippen LogP contribution in [0, 0.1) is 5.82 Å². The van der Waals surface area contributed by atoms with E-state index in [2.05, 4.69) is 9.97 Å². The molecule has 2 aromatic rings. The van der Waals surface area contributed by atoms with Crippen molar-refractivity contribution in [3.8, 4) is 0 Å². The number of likely N-dealkylation sites (tertiary alicyclic amines) is 1. The van der Waals surface area contributed by atoms with E-state index >= 15 is 0 Å². The Morgan fingerprint density at radius 2 is 1.87 bits per heavy atom. The number of rotatable bonds is 4. The van der Waals surface area contributed by atoms with Gasteiger partial charge in [0.05, 0.1) is 11.1 Å². The molecular weight excluding hydrogens is 405 g/mol. The summed E-state index contributed by atoms with van der Waals surface area (Å²) in [6.07, 6.45) is 8.84. The largest absolute Gasteiger partial charge is 0.341 e. The number of carbonyl (C=O) groups is 1. The summed E-state index contributed by atoms with van der Waals surface area (Å²) < 4.78 is 37.9. The maximum Gasteiger partial charge on any atom is 0.233 e. The summed E-state index contributed by atoms with van der Waals surface area (Å²) in [6, 6.07) is 6.29. The van der Waals surface area contributed by atoms with Gasteiger partial charge in [0, 0.05) is 31.5 Å². The summed E-state index contributed by atoms with van der Waals surface area (Å²) in [7, 11) is -3.46. The average molecular weight is 432 g/mol. The van der Waals surface area contributed by atoms with Gasteiger partial charge in [-0.3, -0.25) is 4.79 Å². The highest BCUT2D eigenvalue weighted by molar-refractivity contribution is 7.90. The van der Waals surface area contributed by atoms with Crippen LogP contribution in [0.3, 0.4) is 0 Å². The maximum absolute atomic E-state index is 13.7. The van der Waals surface area contributed by atoms with Gasteiger partial charge in [-0.15, -0.1) is 0 Å². The second-order valence-electron chi connectivity index (χ2n) is 8.43. The van der Waals surface area contributed by atoms with Crippen LogP contribution in [-0.4, -0.2) is 48.5 Å². The quantitative estimate of drug-likeness (QED) is 0.743. The van der Waals surface area contributed by atoms with Crippen LogP contribution in [0.2, 0.25) is 0 Å². The van der Waals surface area contributed by atoms with Gasteiger partial charge in [-0.05, 0) is 43.4 Å². The van der Waals surface area contributed by atoms with Gasteiger partial charge in [-0.1, -0.05) is 25.0 Å². The van der Waals surface area contributed by atoms with Crippen molar-refractivity contribution in [3.63, 3.8) is 0 Å². The third-order valence-corrected chi connectivity index (χ3v) is 7.58. The number of nitrogens with zero attached hydrogens (tertiary/aromatic N) is 3. The van der Waals surface area contributed by atoms with Crippen LogP contribution in [0.1, 0.15) is 55.7 Å². The molecule has 1 amide bonds. The second kappa shape index (κ2) is 8.06. The zero-order valence-corrected chi connectivity index (χ0v) is 17.9. The lowest BCUT2D eigenvalue weighted by atomic mass is 9.77. The molecule has 1 atom stereocenters. The molecule has 1 saturated heterocycles. The highest BCUT2D eigenvalue weighted by Gasteiger charge is 2.46. The Morgan fingerprint density at radius 1 is 1.17 bits per heavy atom. The van der Waals surface area contributed by atoms with Crippen LogP contribution >= 0.6 is 0 Å². The third kappa shape index (κ3) is 3.85. The number of aromatic nitrogens is 2. The van der Waals surface area contributed by atoms with Crippen LogP contribution < -0.4 is 0 Å². The number of halogens is 1. The van der Waals surface area contributed by atoms with E-state index in [0.717, 1.165) is 50.3 Å². The van der Waals surface area contributed by atoms with Crippen LogP contribution in [0.25, 0.3) is 0 Å². The van der Waals surface area contributed by atoms with E-state index in [1.807, 2.05) is 4.90 Å². The van der Waals surface area contributed by atoms with Gasteiger partial charge in [0.2, 0.25) is 5.91 Å². The minimum absolute atomic E-state index is 0.0614. The third-order valence-electron chi connectivity index (χ3n) is 6.47. The predicted molar refractivity (Wildman–Crippen MR) is 110 cm³/mol. The molecular formula is C22H26FN3O3S. The van der Waals surface area contributed by atoms with Gasteiger partial charge in [0.1, 0.15) is 17.0 Å². The molecule has 2 aliphatic rings. The van der Waals surface area contributed by atoms with E-state index in [0.29, 0.717) is 18.8 Å². The molecule has 0 N–H and O–H groups in total. The zero-order valence-electron chi connectivity index (χ0n) is 17.1. The highest BCUT2D eigenvalue weighted by atomic mass is 32.2. The van der Waals surface area contributed by atoms with Crippen molar-refractivity contribution >= 4 is 15.7 Å². The van der Waals surface area contributed by atoms with Crippen molar-refractivity contribution in [1.82, 2.24) is 14.9 Å². The molecule has 4 rings (SSSR count). The summed E-state index contributed by atoms with van der Waals surface area (Å²) in [5.74, 6) is -0.400. The molecule has 0 radical (unpaired) electrons. The highest BCUT2D eigenvalue weighted by Crippen LogP contribution is 2.44. The predicted octanol–water partition coefficient (Wildman–Crippen LogP) is 3.24. The molecule has 0 bridgehead atoms. The van der Waals surface area contributed by atoms with Crippen LogP contribution in [0.15, 0.2) is 41.7 Å². The molecule has 2 heterocycles. The minimum Gasteiger partial charge on any atom is -0.341 e. The lowest BCUT2D eigenvalue weighted by Crippen LogP contribution is -2.49. The molecule has 1 aliphatic carbocycles. The van der Waals surface area contributed by atoms with Crippen molar-refractivity contribution in [3.05, 3.63) is 53.9 Å². The average Bonchev–Trinajstić information content (AvgIpc) is 3.24. The molecule has 2 fully saturated rings. The molecule has 6 nitrogen and oxygen atoms in total. The monoisotopic (exact) mass is 431 g/mol. The summed E-state index contributed by atoms with van der Waals surface area (Å²) in [5, 5.41) is 0. The topological polar surface area (TPSA) is 80.2 Å². The van der Waals surface area contributed by atoms with Crippen LogP contribution in [0.4, 0.5) is 4.39 Å². The molecule has 1 aromatic heterocycles. The molecule has 160 valence electrons. The fourth-order valence-electron chi connectivity index (χ4n) is 4.98. The maximum atomic E-state index is 13.7. The lowest BCUT2D eigenvalue weighted by Gasteiger charge is -2.39. The lowest BCUT2D eigenvalue weighted by molar-refractivity contribution is -0.138.